The molecule has 4 rings (SSSR count). The summed E-state index contributed by atoms with van der Waals surface area (Å²) in [5.41, 5.74) is -2.14. The fourth-order valence-electron chi connectivity index (χ4n) is 3.68. The highest BCUT2D eigenvalue weighted by Gasteiger charge is 2.36. The molecule has 1 aliphatic rings. The summed E-state index contributed by atoms with van der Waals surface area (Å²) >= 11 is 5.88. The van der Waals surface area contributed by atoms with Gasteiger partial charge in [0.2, 0.25) is 11.8 Å². The summed E-state index contributed by atoms with van der Waals surface area (Å²) in [6.45, 7) is 0.319. The van der Waals surface area contributed by atoms with Crippen LogP contribution < -0.4 is 14.8 Å². The SMILES string of the molecule is COc1ccc(CCN2C(=O)C[C@H](C(=O)Nc3ccc(OC(F)(F)Cl)cc3)SC2=Nc2ccc(F)cc2)cc1. The quantitative estimate of drug-likeness (QED) is 0.306. The predicted molar refractivity (Wildman–Crippen MR) is 144 cm³/mol. The molecule has 0 bridgehead atoms. The standard InChI is InChI=1S/C27H23ClF3N3O4S/c1-37-21-10-2-17(3-11-21)14-15-34-24(35)16-23(39-26(34)33-20-6-4-18(29)5-7-20)25(36)32-19-8-12-22(13-9-19)38-27(28,30)31/h2-13,23H,14-16H2,1H3,(H,32,36)/t23-/m1/s1. The van der Waals surface area contributed by atoms with Crippen LogP contribution in [0.2, 0.25) is 0 Å². The molecule has 0 radical (unpaired) electrons. The number of methoxy groups -OCH3 is 1. The van der Waals surface area contributed by atoms with E-state index in [9.17, 15) is 22.8 Å². The highest BCUT2D eigenvalue weighted by Crippen LogP contribution is 2.31. The summed E-state index contributed by atoms with van der Waals surface area (Å²) in [7, 11) is 1.58. The van der Waals surface area contributed by atoms with Gasteiger partial charge < -0.3 is 14.8 Å². The van der Waals surface area contributed by atoms with Gasteiger partial charge in [0.1, 0.15) is 22.6 Å². The van der Waals surface area contributed by atoms with Gasteiger partial charge in [0.05, 0.1) is 12.8 Å². The molecule has 12 heteroatoms. The van der Waals surface area contributed by atoms with Gasteiger partial charge in [-0.2, -0.15) is 0 Å². The van der Waals surface area contributed by atoms with Gasteiger partial charge in [-0.05, 0) is 72.6 Å². The number of amidine groups is 1. The smallest absolute Gasteiger partial charge is 0.487 e. The summed E-state index contributed by atoms with van der Waals surface area (Å²) in [5.74, 6) is -0.653. The van der Waals surface area contributed by atoms with E-state index in [0.29, 0.717) is 29.5 Å². The average Bonchev–Trinajstić information content (AvgIpc) is 2.90. The van der Waals surface area contributed by atoms with Crippen molar-refractivity contribution in [1.82, 2.24) is 4.90 Å². The van der Waals surface area contributed by atoms with Gasteiger partial charge in [-0.3, -0.25) is 14.5 Å². The second-order valence-electron chi connectivity index (χ2n) is 8.39. The highest BCUT2D eigenvalue weighted by molar-refractivity contribution is 8.15. The number of carbonyl (C=O) groups excluding carboxylic acids is 2. The lowest BCUT2D eigenvalue weighted by Gasteiger charge is -2.32. The van der Waals surface area contributed by atoms with Crippen LogP contribution in [0.1, 0.15) is 12.0 Å². The Labute approximate surface area is 232 Å². The van der Waals surface area contributed by atoms with Crippen LogP contribution in [0.15, 0.2) is 77.8 Å². The number of alkyl halides is 3. The van der Waals surface area contributed by atoms with Crippen LogP contribution in [0.4, 0.5) is 24.5 Å². The van der Waals surface area contributed by atoms with E-state index in [1.165, 1.54) is 53.4 Å². The second-order valence-corrected chi connectivity index (χ2v) is 10.00. The van der Waals surface area contributed by atoms with E-state index >= 15 is 0 Å². The number of hydrogen-bond donors (Lipinski definition) is 1. The van der Waals surface area contributed by atoms with Gasteiger partial charge in [0, 0.05) is 30.3 Å². The first kappa shape index (κ1) is 28.3. The maximum atomic E-state index is 13.4. The average molecular weight is 578 g/mol. The van der Waals surface area contributed by atoms with Crippen molar-refractivity contribution in [2.45, 2.75) is 23.7 Å². The highest BCUT2D eigenvalue weighted by atomic mass is 35.5. The van der Waals surface area contributed by atoms with E-state index < -0.39 is 22.5 Å². The van der Waals surface area contributed by atoms with Gasteiger partial charge in [0.15, 0.2) is 5.17 Å². The molecule has 204 valence electrons. The summed E-state index contributed by atoms with van der Waals surface area (Å²) in [6, 6.07) is 18.1. The Balaban J connectivity index is 1.49. The zero-order valence-electron chi connectivity index (χ0n) is 20.6. The Bertz CT molecular complexity index is 1330. The fourth-order valence-corrected chi connectivity index (χ4v) is 4.90. The van der Waals surface area contributed by atoms with Crippen LogP contribution >= 0.6 is 23.4 Å². The molecule has 7 nitrogen and oxygen atoms in total. The number of benzene rings is 3. The molecule has 2 amide bonds. The van der Waals surface area contributed by atoms with Crippen LogP contribution in [0, 0.1) is 5.82 Å². The lowest BCUT2D eigenvalue weighted by atomic mass is 10.1. The number of ether oxygens (including phenoxy) is 2. The van der Waals surface area contributed by atoms with Gasteiger partial charge in [-0.25, -0.2) is 9.38 Å². The number of nitrogens with one attached hydrogen (secondary N) is 1. The first-order valence-electron chi connectivity index (χ1n) is 11.7. The number of amides is 2. The van der Waals surface area contributed by atoms with Crippen molar-refractivity contribution in [3.63, 3.8) is 0 Å². The summed E-state index contributed by atoms with van der Waals surface area (Å²) in [6.07, 6.45) is 0.451. The number of anilines is 1. The van der Waals surface area contributed by atoms with Crippen molar-refractivity contribution in [2.75, 3.05) is 19.0 Å². The van der Waals surface area contributed by atoms with Crippen LogP contribution in [0.25, 0.3) is 0 Å². The lowest BCUT2D eigenvalue weighted by Crippen LogP contribution is -2.46. The van der Waals surface area contributed by atoms with E-state index in [2.05, 4.69) is 15.0 Å². The molecule has 0 aromatic heterocycles. The van der Waals surface area contributed by atoms with Crippen molar-refractivity contribution in [2.24, 2.45) is 4.99 Å². The normalized spacial score (nSPS) is 16.7. The molecule has 1 aliphatic heterocycles. The minimum Gasteiger partial charge on any atom is -0.497 e. The van der Waals surface area contributed by atoms with Gasteiger partial charge in [-0.15, -0.1) is 8.78 Å². The fraction of sp³-hybridized carbons (Fsp3) is 0.222. The number of rotatable bonds is 9. The molecule has 0 unspecified atom stereocenters. The van der Waals surface area contributed by atoms with Crippen molar-refractivity contribution >= 4 is 51.7 Å². The molecule has 1 N–H and O–H groups in total. The van der Waals surface area contributed by atoms with E-state index in [-0.39, 0.29) is 18.1 Å². The first-order chi connectivity index (χ1) is 18.6. The monoisotopic (exact) mass is 577 g/mol. The minimum absolute atomic E-state index is 0.0821. The molecule has 1 atom stereocenters. The maximum absolute atomic E-state index is 13.4. The Morgan fingerprint density at radius 2 is 1.72 bits per heavy atom. The molecule has 3 aromatic carbocycles. The zero-order valence-corrected chi connectivity index (χ0v) is 22.1. The third kappa shape index (κ3) is 8.14. The molecule has 0 spiro atoms. The first-order valence-corrected chi connectivity index (χ1v) is 13.0. The molecular weight excluding hydrogens is 555 g/mol. The van der Waals surface area contributed by atoms with Gasteiger partial charge in [-0.1, -0.05) is 23.9 Å². The van der Waals surface area contributed by atoms with Crippen LogP contribution in [0.3, 0.4) is 0 Å². The maximum Gasteiger partial charge on any atom is 0.487 e. The van der Waals surface area contributed by atoms with Crippen LogP contribution in [0.5, 0.6) is 11.5 Å². The van der Waals surface area contributed by atoms with Crippen molar-refractivity contribution < 1.29 is 32.2 Å². The summed E-state index contributed by atoms with van der Waals surface area (Å²) < 4.78 is 48.5. The van der Waals surface area contributed by atoms with Crippen molar-refractivity contribution in [3.8, 4) is 11.5 Å². The summed E-state index contributed by atoms with van der Waals surface area (Å²) in [4.78, 5) is 32.3. The van der Waals surface area contributed by atoms with E-state index in [0.717, 1.165) is 23.1 Å². The molecule has 1 heterocycles. The molecule has 1 saturated heterocycles. The molecule has 39 heavy (non-hydrogen) atoms. The second kappa shape index (κ2) is 12.4. The van der Waals surface area contributed by atoms with Crippen LogP contribution in [-0.4, -0.2) is 46.4 Å². The topological polar surface area (TPSA) is 80.2 Å². The van der Waals surface area contributed by atoms with E-state index in [4.69, 9.17) is 16.3 Å². The molecular formula is C27H23ClF3N3O4S. The Morgan fingerprint density at radius 3 is 2.33 bits per heavy atom. The van der Waals surface area contributed by atoms with Gasteiger partial charge >= 0.3 is 5.57 Å². The minimum atomic E-state index is -3.86. The predicted octanol–water partition coefficient (Wildman–Crippen LogP) is 6.21. The van der Waals surface area contributed by atoms with E-state index in [1.807, 2.05) is 24.3 Å². The van der Waals surface area contributed by atoms with Gasteiger partial charge in [0.25, 0.3) is 0 Å². The largest absolute Gasteiger partial charge is 0.497 e. The number of nitrogens with zero attached hydrogens (tertiary/aromatic N) is 2. The number of carbonyl (C=O) groups is 2. The van der Waals surface area contributed by atoms with Crippen molar-refractivity contribution in [1.29, 1.82) is 0 Å². The molecule has 3 aromatic rings. The number of halogens is 4. The Kier molecular flexibility index (Phi) is 9.03. The number of hydrogen-bond acceptors (Lipinski definition) is 6. The van der Waals surface area contributed by atoms with Crippen molar-refractivity contribution in [3.05, 3.63) is 84.2 Å². The summed E-state index contributed by atoms with van der Waals surface area (Å²) in [5, 5.41) is 2.17. The zero-order chi connectivity index (χ0) is 28.0. The molecule has 1 fully saturated rings. The Hall–Kier alpha value is -3.70. The number of aliphatic imine (C=N–C) groups is 1. The number of thioether (sulfide) groups is 1. The third-order valence-corrected chi connectivity index (χ3v) is 6.89. The Morgan fingerprint density at radius 1 is 1.08 bits per heavy atom. The van der Waals surface area contributed by atoms with E-state index in [1.54, 1.807) is 7.11 Å². The third-order valence-electron chi connectivity index (χ3n) is 5.62. The lowest BCUT2D eigenvalue weighted by molar-refractivity contribution is -0.129. The molecule has 0 saturated carbocycles. The van der Waals surface area contributed by atoms with Crippen LogP contribution in [-0.2, 0) is 16.0 Å². The molecule has 0 aliphatic carbocycles.